The van der Waals surface area contributed by atoms with Crippen LogP contribution in [0.2, 0.25) is 0 Å². The number of carboxylic acid groups (broad SMARTS) is 1. The molecule has 0 aliphatic rings. The van der Waals surface area contributed by atoms with Crippen LogP contribution in [0, 0.1) is 0 Å². The quantitative estimate of drug-likeness (QED) is 0.837. The highest BCUT2D eigenvalue weighted by atomic mass is 79.9. The van der Waals surface area contributed by atoms with Crippen molar-refractivity contribution in [1.82, 2.24) is 5.32 Å². The van der Waals surface area contributed by atoms with E-state index in [1.807, 2.05) is 11.4 Å². The van der Waals surface area contributed by atoms with E-state index in [2.05, 4.69) is 21.2 Å². The van der Waals surface area contributed by atoms with Gasteiger partial charge in [-0.3, -0.25) is 9.59 Å². The summed E-state index contributed by atoms with van der Waals surface area (Å²) in [5.41, 5.74) is 0.898. The number of hydrogen-bond donors (Lipinski definition) is 2. The van der Waals surface area contributed by atoms with Crippen molar-refractivity contribution < 1.29 is 14.7 Å². The highest BCUT2D eigenvalue weighted by molar-refractivity contribution is 9.11. The Labute approximate surface area is 105 Å². The molecule has 0 aromatic carbocycles. The molecular weight excluding hydrogens is 294 g/mol. The fourth-order valence-electron chi connectivity index (χ4n) is 0.906. The van der Waals surface area contributed by atoms with Crippen molar-refractivity contribution >= 4 is 45.2 Å². The number of aliphatic carboxylic acids is 1. The Hall–Kier alpha value is -1.14. The fourth-order valence-corrected chi connectivity index (χ4v) is 2.05. The van der Waals surface area contributed by atoms with Gasteiger partial charge < -0.3 is 10.4 Å². The summed E-state index contributed by atoms with van der Waals surface area (Å²) in [6.45, 7) is 1.41. The van der Waals surface area contributed by atoms with Crippen LogP contribution in [0.15, 0.2) is 21.3 Å². The number of nitrogens with one attached hydrogen (secondary N) is 1. The van der Waals surface area contributed by atoms with Crippen LogP contribution < -0.4 is 5.32 Å². The summed E-state index contributed by atoms with van der Waals surface area (Å²) in [6.07, 6.45) is 2.94. The van der Waals surface area contributed by atoms with Crippen molar-refractivity contribution in [3.05, 3.63) is 26.9 Å². The van der Waals surface area contributed by atoms with Gasteiger partial charge in [0.25, 0.3) is 0 Å². The van der Waals surface area contributed by atoms with Gasteiger partial charge in [0.15, 0.2) is 0 Å². The Balaban J connectivity index is 2.51. The zero-order valence-electron chi connectivity index (χ0n) is 8.44. The first-order valence-corrected chi connectivity index (χ1v) is 6.11. The van der Waals surface area contributed by atoms with Gasteiger partial charge in [-0.15, -0.1) is 11.3 Å². The second kappa shape index (κ2) is 5.81. The summed E-state index contributed by atoms with van der Waals surface area (Å²) >= 11 is 4.82. The molecule has 0 bridgehead atoms. The van der Waals surface area contributed by atoms with Crippen LogP contribution in [-0.2, 0) is 9.59 Å². The molecule has 1 amide bonds. The molecular formula is C10H10BrNO3S. The van der Waals surface area contributed by atoms with Gasteiger partial charge in [0.2, 0.25) is 5.91 Å². The first-order chi connectivity index (χ1) is 7.49. The van der Waals surface area contributed by atoms with Crippen LogP contribution in [0.5, 0.6) is 0 Å². The first kappa shape index (κ1) is 12.9. The van der Waals surface area contributed by atoms with Crippen LogP contribution in [0.25, 0.3) is 6.08 Å². The second-order valence-electron chi connectivity index (χ2n) is 3.09. The van der Waals surface area contributed by atoms with E-state index in [9.17, 15) is 9.59 Å². The molecule has 4 nitrogen and oxygen atoms in total. The molecule has 86 valence electrons. The van der Waals surface area contributed by atoms with Crippen LogP contribution in [0.3, 0.4) is 0 Å². The highest BCUT2D eigenvalue weighted by Crippen LogP contribution is 2.21. The van der Waals surface area contributed by atoms with Gasteiger partial charge in [0.05, 0.1) is 3.79 Å². The van der Waals surface area contributed by atoms with E-state index in [4.69, 9.17) is 5.11 Å². The second-order valence-corrected chi connectivity index (χ2v) is 5.38. The number of carboxylic acids is 1. The average molecular weight is 304 g/mol. The minimum absolute atomic E-state index is 0.419. The van der Waals surface area contributed by atoms with Gasteiger partial charge in [-0.2, -0.15) is 0 Å². The zero-order chi connectivity index (χ0) is 12.1. The predicted octanol–water partition coefficient (Wildman–Crippen LogP) is 2.11. The van der Waals surface area contributed by atoms with Gasteiger partial charge in [-0.1, -0.05) is 0 Å². The number of amides is 1. The number of thiophene rings is 1. The van der Waals surface area contributed by atoms with Crippen molar-refractivity contribution in [3.63, 3.8) is 0 Å². The van der Waals surface area contributed by atoms with Gasteiger partial charge >= 0.3 is 5.97 Å². The molecule has 0 spiro atoms. The van der Waals surface area contributed by atoms with E-state index in [1.165, 1.54) is 24.3 Å². The number of rotatable bonds is 4. The molecule has 0 unspecified atom stereocenters. The SMILES string of the molecule is C[C@H](NC(=O)/C=C/c1csc(Br)c1)C(=O)O. The van der Waals surface area contributed by atoms with Crippen molar-refractivity contribution in [2.75, 3.05) is 0 Å². The van der Waals surface area contributed by atoms with E-state index < -0.39 is 17.9 Å². The maximum absolute atomic E-state index is 11.3. The monoisotopic (exact) mass is 303 g/mol. The third kappa shape index (κ3) is 4.16. The molecule has 0 saturated carbocycles. The molecule has 1 heterocycles. The minimum atomic E-state index is -1.06. The zero-order valence-corrected chi connectivity index (χ0v) is 10.8. The van der Waals surface area contributed by atoms with Gasteiger partial charge in [-0.05, 0) is 45.9 Å². The molecule has 1 atom stereocenters. The maximum atomic E-state index is 11.3. The Morgan fingerprint density at radius 2 is 2.31 bits per heavy atom. The molecule has 1 rings (SSSR count). The standard InChI is InChI=1S/C10H10BrNO3S/c1-6(10(14)15)12-9(13)3-2-7-4-8(11)16-5-7/h2-6H,1H3,(H,12,13)(H,14,15)/b3-2+/t6-/m0/s1. The summed E-state index contributed by atoms with van der Waals surface area (Å²) in [6, 6.07) is 0.987. The van der Waals surface area contributed by atoms with Crippen molar-refractivity contribution in [3.8, 4) is 0 Å². The number of hydrogen-bond acceptors (Lipinski definition) is 3. The van der Waals surface area contributed by atoms with E-state index in [1.54, 1.807) is 6.08 Å². The lowest BCUT2D eigenvalue weighted by molar-refractivity contribution is -0.140. The average Bonchev–Trinajstić information content (AvgIpc) is 2.61. The van der Waals surface area contributed by atoms with E-state index in [-0.39, 0.29) is 0 Å². The molecule has 0 fully saturated rings. The van der Waals surface area contributed by atoms with Crippen LogP contribution in [-0.4, -0.2) is 23.0 Å². The Kier molecular flexibility index (Phi) is 4.70. The maximum Gasteiger partial charge on any atom is 0.325 e. The molecule has 1 aromatic heterocycles. The summed E-state index contributed by atoms with van der Waals surface area (Å²) < 4.78 is 0.978. The molecule has 6 heteroatoms. The summed E-state index contributed by atoms with van der Waals surface area (Å²) in [4.78, 5) is 21.7. The van der Waals surface area contributed by atoms with Gasteiger partial charge in [0, 0.05) is 6.08 Å². The molecule has 0 aliphatic heterocycles. The van der Waals surface area contributed by atoms with Crippen molar-refractivity contribution in [2.24, 2.45) is 0 Å². The van der Waals surface area contributed by atoms with E-state index in [0.29, 0.717) is 0 Å². The number of halogens is 1. The topological polar surface area (TPSA) is 66.4 Å². The fraction of sp³-hybridized carbons (Fsp3) is 0.200. The molecule has 0 aliphatic carbocycles. The van der Waals surface area contributed by atoms with Gasteiger partial charge in [0.1, 0.15) is 6.04 Å². The Morgan fingerprint density at radius 3 is 2.81 bits per heavy atom. The van der Waals surface area contributed by atoms with Crippen molar-refractivity contribution in [1.29, 1.82) is 0 Å². The first-order valence-electron chi connectivity index (χ1n) is 4.44. The normalized spacial score (nSPS) is 12.6. The largest absolute Gasteiger partial charge is 0.480 e. The smallest absolute Gasteiger partial charge is 0.325 e. The van der Waals surface area contributed by atoms with Gasteiger partial charge in [-0.25, -0.2) is 0 Å². The number of carbonyl (C=O) groups excluding carboxylic acids is 1. The molecule has 1 aromatic rings. The molecule has 0 radical (unpaired) electrons. The predicted molar refractivity (Wildman–Crippen MR) is 66.3 cm³/mol. The summed E-state index contributed by atoms with van der Waals surface area (Å²) in [5, 5.41) is 12.8. The van der Waals surface area contributed by atoms with Crippen molar-refractivity contribution in [2.45, 2.75) is 13.0 Å². The third-order valence-corrected chi connectivity index (χ3v) is 3.27. The van der Waals surface area contributed by atoms with Crippen LogP contribution in [0.1, 0.15) is 12.5 Å². The molecule has 16 heavy (non-hydrogen) atoms. The van der Waals surface area contributed by atoms with Crippen LogP contribution >= 0.6 is 27.3 Å². The van der Waals surface area contributed by atoms with Crippen LogP contribution in [0.4, 0.5) is 0 Å². The molecule has 2 N–H and O–H groups in total. The highest BCUT2D eigenvalue weighted by Gasteiger charge is 2.11. The minimum Gasteiger partial charge on any atom is -0.480 e. The number of carbonyl (C=O) groups is 2. The van der Waals surface area contributed by atoms with E-state index >= 15 is 0 Å². The lowest BCUT2D eigenvalue weighted by atomic mass is 10.3. The summed E-state index contributed by atoms with van der Waals surface area (Å²) in [7, 11) is 0. The summed E-state index contributed by atoms with van der Waals surface area (Å²) in [5.74, 6) is -1.47. The lowest BCUT2D eigenvalue weighted by Crippen LogP contribution is -2.37. The van der Waals surface area contributed by atoms with E-state index in [0.717, 1.165) is 9.35 Å². The lowest BCUT2D eigenvalue weighted by Gasteiger charge is -2.05. The third-order valence-electron chi connectivity index (χ3n) is 1.74. The molecule has 0 saturated heterocycles. The Bertz CT molecular complexity index is 427. The Morgan fingerprint density at radius 1 is 1.62 bits per heavy atom.